The molecule has 0 saturated carbocycles. The maximum absolute atomic E-state index is 12.5. The van der Waals surface area contributed by atoms with Gasteiger partial charge < -0.3 is 0 Å². The molecule has 0 saturated heterocycles. The zero-order valence-electron chi connectivity index (χ0n) is 9.90. The van der Waals surface area contributed by atoms with Gasteiger partial charge in [0, 0.05) is 18.0 Å². The molecule has 0 aliphatic carbocycles. The van der Waals surface area contributed by atoms with E-state index in [0.717, 1.165) is 18.2 Å². The minimum Gasteiger partial charge on any atom is -0.285 e. The number of aromatic nitrogens is 2. The maximum Gasteiger partial charge on any atom is 0.416 e. The van der Waals surface area contributed by atoms with E-state index in [2.05, 4.69) is 9.97 Å². The van der Waals surface area contributed by atoms with Crippen LogP contribution in [0.1, 0.15) is 27.3 Å². The van der Waals surface area contributed by atoms with E-state index in [1.54, 1.807) is 6.07 Å². The summed E-state index contributed by atoms with van der Waals surface area (Å²) in [5, 5.41) is 0. The molecule has 6 heteroatoms. The van der Waals surface area contributed by atoms with Gasteiger partial charge in [-0.15, -0.1) is 0 Å². The zero-order valence-corrected chi connectivity index (χ0v) is 9.90. The highest BCUT2D eigenvalue weighted by Crippen LogP contribution is 2.30. The van der Waals surface area contributed by atoms with Crippen molar-refractivity contribution >= 4 is 5.78 Å². The van der Waals surface area contributed by atoms with Crippen molar-refractivity contribution in [1.82, 2.24) is 9.97 Å². The van der Waals surface area contributed by atoms with Crippen LogP contribution >= 0.6 is 0 Å². The topological polar surface area (TPSA) is 42.9 Å². The second kappa shape index (κ2) is 4.79. The van der Waals surface area contributed by atoms with Gasteiger partial charge in [-0.1, -0.05) is 6.07 Å². The van der Waals surface area contributed by atoms with E-state index in [4.69, 9.17) is 0 Å². The fourth-order valence-corrected chi connectivity index (χ4v) is 1.63. The van der Waals surface area contributed by atoms with Crippen molar-refractivity contribution in [2.24, 2.45) is 0 Å². The number of ketones is 1. The average Bonchev–Trinajstić information content (AvgIpc) is 2.38. The molecule has 0 aliphatic heterocycles. The number of hydrogen-bond acceptors (Lipinski definition) is 3. The van der Waals surface area contributed by atoms with E-state index >= 15 is 0 Å². The van der Waals surface area contributed by atoms with Crippen LogP contribution in [0.15, 0.2) is 36.7 Å². The first-order valence-corrected chi connectivity index (χ1v) is 5.39. The van der Waals surface area contributed by atoms with Crippen LogP contribution in [-0.4, -0.2) is 15.8 Å². The molecule has 98 valence electrons. The van der Waals surface area contributed by atoms with Gasteiger partial charge in [0.05, 0.1) is 5.56 Å². The monoisotopic (exact) mass is 266 g/mol. The van der Waals surface area contributed by atoms with E-state index in [0.29, 0.717) is 0 Å². The third kappa shape index (κ3) is 2.78. The number of rotatable bonds is 2. The third-order valence-electron chi connectivity index (χ3n) is 2.57. The predicted molar refractivity (Wildman–Crippen MR) is 61.6 cm³/mol. The molecule has 0 fully saturated rings. The number of hydrogen-bond donors (Lipinski definition) is 0. The van der Waals surface area contributed by atoms with Crippen molar-refractivity contribution in [3.05, 3.63) is 59.2 Å². The summed E-state index contributed by atoms with van der Waals surface area (Å²) in [5.41, 5.74) is -0.373. The molecule has 2 aromatic rings. The minimum absolute atomic E-state index is 0.0367. The molecule has 0 bridgehead atoms. The number of alkyl halides is 3. The van der Waals surface area contributed by atoms with Crippen LogP contribution in [0, 0.1) is 6.92 Å². The Kier molecular flexibility index (Phi) is 3.33. The standard InChI is InChI=1S/C13H9F3N2O/c1-8-7-9(13(14,15)16)3-4-10(8)11(19)12-17-5-2-6-18-12/h2-7H,1H3. The third-order valence-corrected chi connectivity index (χ3v) is 2.57. The molecule has 0 atom stereocenters. The fraction of sp³-hybridized carbons (Fsp3) is 0.154. The average molecular weight is 266 g/mol. The Labute approximate surface area is 107 Å². The normalized spacial score (nSPS) is 11.4. The van der Waals surface area contributed by atoms with Gasteiger partial charge in [0.15, 0.2) is 0 Å². The van der Waals surface area contributed by atoms with E-state index in [1.165, 1.54) is 19.3 Å². The highest BCUT2D eigenvalue weighted by Gasteiger charge is 2.31. The Hall–Kier alpha value is -2.24. The molecular weight excluding hydrogens is 257 g/mol. The fourth-order valence-electron chi connectivity index (χ4n) is 1.63. The van der Waals surface area contributed by atoms with Crippen LogP contribution in [0.2, 0.25) is 0 Å². The summed E-state index contributed by atoms with van der Waals surface area (Å²) < 4.78 is 37.5. The zero-order chi connectivity index (χ0) is 14.0. The second-order valence-electron chi connectivity index (χ2n) is 3.93. The van der Waals surface area contributed by atoms with Gasteiger partial charge >= 0.3 is 6.18 Å². The highest BCUT2D eigenvalue weighted by molar-refractivity contribution is 6.07. The molecule has 0 N–H and O–H groups in total. The number of halogens is 3. The molecular formula is C13H9F3N2O. The van der Waals surface area contributed by atoms with Gasteiger partial charge in [0.1, 0.15) is 0 Å². The summed E-state index contributed by atoms with van der Waals surface area (Å²) in [4.78, 5) is 19.6. The van der Waals surface area contributed by atoms with E-state index in [9.17, 15) is 18.0 Å². The summed E-state index contributed by atoms with van der Waals surface area (Å²) in [6, 6.07) is 4.52. The van der Waals surface area contributed by atoms with Crippen molar-refractivity contribution in [3.63, 3.8) is 0 Å². The van der Waals surface area contributed by atoms with Gasteiger partial charge in [-0.25, -0.2) is 9.97 Å². The number of nitrogens with zero attached hydrogens (tertiary/aromatic N) is 2. The largest absolute Gasteiger partial charge is 0.416 e. The Morgan fingerprint density at radius 3 is 2.32 bits per heavy atom. The van der Waals surface area contributed by atoms with Gasteiger partial charge in [0.25, 0.3) is 0 Å². The van der Waals surface area contributed by atoms with Crippen molar-refractivity contribution in [2.75, 3.05) is 0 Å². The number of carbonyl (C=O) groups excluding carboxylic acids is 1. The van der Waals surface area contributed by atoms with E-state index in [1.807, 2.05) is 0 Å². The van der Waals surface area contributed by atoms with E-state index in [-0.39, 0.29) is 17.0 Å². The van der Waals surface area contributed by atoms with Crippen LogP contribution in [0.4, 0.5) is 13.2 Å². The lowest BCUT2D eigenvalue weighted by atomic mass is 10.0. The Morgan fingerprint density at radius 1 is 1.16 bits per heavy atom. The van der Waals surface area contributed by atoms with Gasteiger partial charge in [-0.2, -0.15) is 13.2 Å². The lowest BCUT2D eigenvalue weighted by Gasteiger charge is -2.09. The molecule has 2 rings (SSSR count). The Morgan fingerprint density at radius 2 is 1.79 bits per heavy atom. The number of benzene rings is 1. The van der Waals surface area contributed by atoms with Gasteiger partial charge in [0.2, 0.25) is 11.6 Å². The summed E-state index contributed by atoms with van der Waals surface area (Å²) in [6.45, 7) is 1.45. The van der Waals surface area contributed by atoms with Crippen LogP contribution in [0.5, 0.6) is 0 Å². The van der Waals surface area contributed by atoms with Crippen molar-refractivity contribution < 1.29 is 18.0 Å². The Bertz CT molecular complexity index is 609. The highest BCUT2D eigenvalue weighted by atomic mass is 19.4. The van der Waals surface area contributed by atoms with Crippen LogP contribution in [-0.2, 0) is 6.18 Å². The van der Waals surface area contributed by atoms with Crippen molar-refractivity contribution in [1.29, 1.82) is 0 Å². The molecule has 1 aromatic heterocycles. The minimum atomic E-state index is -4.42. The number of carbonyl (C=O) groups is 1. The molecule has 0 radical (unpaired) electrons. The molecule has 0 amide bonds. The Balaban J connectivity index is 2.40. The molecule has 0 unspecified atom stereocenters. The van der Waals surface area contributed by atoms with Gasteiger partial charge in [-0.3, -0.25) is 4.79 Å². The summed E-state index contributed by atoms with van der Waals surface area (Å²) in [7, 11) is 0. The van der Waals surface area contributed by atoms with E-state index < -0.39 is 17.5 Å². The molecule has 3 nitrogen and oxygen atoms in total. The number of aryl methyl sites for hydroxylation is 1. The van der Waals surface area contributed by atoms with Crippen LogP contribution in [0.3, 0.4) is 0 Å². The van der Waals surface area contributed by atoms with Crippen LogP contribution < -0.4 is 0 Å². The summed E-state index contributed by atoms with van der Waals surface area (Å²) in [5.74, 6) is -0.530. The lowest BCUT2D eigenvalue weighted by molar-refractivity contribution is -0.137. The molecule has 0 aliphatic rings. The smallest absolute Gasteiger partial charge is 0.285 e. The maximum atomic E-state index is 12.5. The first-order chi connectivity index (χ1) is 8.89. The molecule has 1 aromatic carbocycles. The van der Waals surface area contributed by atoms with Crippen molar-refractivity contribution in [2.45, 2.75) is 13.1 Å². The second-order valence-corrected chi connectivity index (χ2v) is 3.93. The van der Waals surface area contributed by atoms with Gasteiger partial charge in [-0.05, 0) is 30.7 Å². The molecule has 1 heterocycles. The quantitative estimate of drug-likeness (QED) is 0.785. The summed E-state index contributed by atoms with van der Waals surface area (Å²) >= 11 is 0. The molecule has 0 spiro atoms. The predicted octanol–water partition coefficient (Wildman–Crippen LogP) is 3.03. The first kappa shape index (κ1) is 13.2. The molecule has 19 heavy (non-hydrogen) atoms. The van der Waals surface area contributed by atoms with Crippen molar-refractivity contribution in [3.8, 4) is 0 Å². The van der Waals surface area contributed by atoms with Crippen LogP contribution in [0.25, 0.3) is 0 Å². The summed E-state index contributed by atoms with van der Waals surface area (Å²) in [6.07, 6.45) is -1.62. The SMILES string of the molecule is Cc1cc(C(F)(F)F)ccc1C(=O)c1ncccn1. The lowest BCUT2D eigenvalue weighted by Crippen LogP contribution is -2.10. The first-order valence-electron chi connectivity index (χ1n) is 5.39.